The zero-order valence-electron chi connectivity index (χ0n) is 10.2. The van der Waals surface area contributed by atoms with Crippen molar-refractivity contribution in [3.63, 3.8) is 0 Å². The second kappa shape index (κ2) is 5.64. The highest BCUT2D eigenvalue weighted by Crippen LogP contribution is 2.17. The number of nitrogens with one attached hydrogen (secondary N) is 1. The van der Waals surface area contributed by atoms with E-state index in [2.05, 4.69) is 17.3 Å². The monoisotopic (exact) mass is 225 g/mol. The summed E-state index contributed by atoms with van der Waals surface area (Å²) in [4.78, 5) is 16.2. The summed E-state index contributed by atoms with van der Waals surface area (Å²) in [6.07, 6.45) is 5.13. The van der Waals surface area contributed by atoms with Gasteiger partial charge in [0.25, 0.3) is 0 Å². The highest BCUT2D eigenvalue weighted by atomic mass is 16.2. The number of hydrogen-bond acceptors (Lipinski definition) is 3. The van der Waals surface area contributed by atoms with Crippen LogP contribution in [0.25, 0.3) is 0 Å². The van der Waals surface area contributed by atoms with E-state index in [1.165, 1.54) is 25.7 Å². The van der Waals surface area contributed by atoms with Gasteiger partial charge in [-0.1, -0.05) is 12.8 Å². The van der Waals surface area contributed by atoms with E-state index >= 15 is 0 Å². The molecule has 1 heterocycles. The predicted molar refractivity (Wildman–Crippen MR) is 64.3 cm³/mol. The molecule has 0 radical (unpaired) electrons. The fraction of sp³-hybridized carbons (Fsp3) is 0.917. The third-order valence-electron chi connectivity index (χ3n) is 3.75. The molecule has 2 rings (SSSR count). The summed E-state index contributed by atoms with van der Waals surface area (Å²) < 4.78 is 0. The molecule has 0 aromatic carbocycles. The molecule has 4 nitrogen and oxygen atoms in total. The first-order valence-corrected chi connectivity index (χ1v) is 6.45. The van der Waals surface area contributed by atoms with E-state index < -0.39 is 0 Å². The molecule has 0 aromatic heterocycles. The number of piperazine rings is 1. The molecule has 1 N–H and O–H groups in total. The molecule has 1 saturated carbocycles. The van der Waals surface area contributed by atoms with E-state index in [1.807, 2.05) is 4.90 Å². The second-order valence-corrected chi connectivity index (χ2v) is 5.05. The minimum absolute atomic E-state index is 0.278. The van der Waals surface area contributed by atoms with Crippen molar-refractivity contribution in [3.05, 3.63) is 0 Å². The van der Waals surface area contributed by atoms with Crippen molar-refractivity contribution < 1.29 is 4.79 Å². The number of nitrogens with zero attached hydrogens (tertiary/aromatic N) is 2. The zero-order valence-corrected chi connectivity index (χ0v) is 10.2. The Hall–Kier alpha value is -0.610. The number of amides is 1. The van der Waals surface area contributed by atoms with Crippen molar-refractivity contribution in [2.24, 2.45) is 0 Å². The van der Waals surface area contributed by atoms with Gasteiger partial charge in [-0.2, -0.15) is 0 Å². The predicted octanol–water partition coefficient (Wildman–Crippen LogP) is 0.293. The molecule has 0 atom stereocenters. The van der Waals surface area contributed by atoms with Gasteiger partial charge in [0.1, 0.15) is 0 Å². The van der Waals surface area contributed by atoms with Crippen molar-refractivity contribution in [3.8, 4) is 0 Å². The molecule has 4 heteroatoms. The fourth-order valence-corrected chi connectivity index (χ4v) is 2.53. The van der Waals surface area contributed by atoms with E-state index in [4.69, 9.17) is 0 Å². The molecular formula is C12H23N3O. The molecule has 0 bridgehead atoms. The first-order chi connectivity index (χ1) is 7.75. The lowest BCUT2D eigenvalue weighted by Gasteiger charge is -2.32. The molecule has 16 heavy (non-hydrogen) atoms. The molecule has 2 aliphatic rings. The lowest BCUT2D eigenvalue weighted by molar-refractivity contribution is -0.131. The van der Waals surface area contributed by atoms with Gasteiger partial charge in [-0.15, -0.1) is 0 Å². The summed E-state index contributed by atoms with van der Waals surface area (Å²) in [7, 11) is 2.11. The van der Waals surface area contributed by atoms with Crippen LogP contribution in [-0.4, -0.2) is 61.5 Å². The number of hydrogen-bond donors (Lipinski definition) is 1. The van der Waals surface area contributed by atoms with Gasteiger partial charge < -0.3 is 15.1 Å². The Balaban J connectivity index is 1.67. The highest BCUT2D eigenvalue weighted by Gasteiger charge is 2.20. The highest BCUT2D eigenvalue weighted by molar-refractivity contribution is 5.78. The zero-order chi connectivity index (χ0) is 11.4. The number of carbonyl (C=O) groups is 1. The first-order valence-electron chi connectivity index (χ1n) is 6.45. The summed E-state index contributed by atoms with van der Waals surface area (Å²) in [5.41, 5.74) is 0. The van der Waals surface area contributed by atoms with Gasteiger partial charge in [0, 0.05) is 32.2 Å². The van der Waals surface area contributed by atoms with Crippen LogP contribution in [0.15, 0.2) is 0 Å². The summed E-state index contributed by atoms with van der Waals surface area (Å²) in [6.45, 7) is 4.34. The van der Waals surface area contributed by atoms with Crippen LogP contribution in [-0.2, 0) is 4.79 Å². The Morgan fingerprint density at radius 3 is 2.44 bits per heavy atom. The quantitative estimate of drug-likeness (QED) is 0.750. The largest absolute Gasteiger partial charge is 0.339 e. The maximum Gasteiger partial charge on any atom is 0.236 e. The van der Waals surface area contributed by atoms with E-state index in [0.717, 1.165) is 26.2 Å². The van der Waals surface area contributed by atoms with Gasteiger partial charge in [0.05, 0.1) is 6.54 Å². The number of carbonyl (C=O) groups excluding carboxylic acids is 1. The molecule has 1 saturated heterocycles. The van der Waals surface area contributed by atoms with Gasteiger partial charge in [0.2, 0.25) is 5.91 Å². The molecule has 0 unspecified atom stereocenters. The van der Waals surface area contributed by atoms with E-state index in [9.17, 15) is 4.79 Å². The summed E-state index contributed by atoms with van der Waals surface area (Å²) >= 11 is 0. The number of likely N-dealkylation sites (N-methyl/N-ethyl adjacent to an activating group) is 1. The molecule has 92 valence electrons. The lowest BCUT2D eigenvalue weighted by Crippen LogP contribution is -2.50. The van der Waals surface area contributed by atoms with Crippen LogP contribution in [0.4, 0.5) is 0 Å². The van der Waals surface area contributed by atoms with Gasteiger partial charge in [-0.05, 0) is 19.9 Å². The molecule has 0 spiro atoms. The van der Waals surface area contributed by atoms with E-state index in [1.54, 1.807) is 0 Å². The molecule has 2 fully saturated rings. The molecule has 1 amide bonds. The van der Waals surface area contributed by atoms with Gasteiger partial charge in [-0.3, -0.25) is 4.79 Å². The van der Waals surface area contributed by atoms with Gasteiger partial charge >= 0.3 is 0 Å². The van der Waals surface area contributed by atoms with Crippen LogP contribution >= 0.6 is 0 Å². The molecule has 1 aliphatic heterocycles. The Labute approximate surface area is 98.0 Å². The van der Waals surface area contributed by atoms with Crippen molar-refractivity contribution in [1.29, 1.82) is 0 Å². The third kappa shape index (κ3) is 3.19. The topological polar surface area (TPSA) is 35.6 Å². The third-order valence-corrected chi connectivity index (χ3v) is 3.75. The van der Waals surface area contributed by atoms with Crippen LogP contribution in [0.2, 0.25) is 0 Å². The van der Waals surface area contributed by atoms with E-state index in [0.29, 0.717) is 12.6 Å². The van der Waals surface area contributed by atoms with Gasteiger partial charge in [-0.25, -0.2) is 0 Å². The van der Waals surface area contributed by atoms with Crippen LogP contribution < -0.4 is 5.32 Å². The average Bonchev–Trinajstić information content (AvgIpc) is 2.80. The normalized spacial score (nSPS) is 23.9. The smallest absolute Gasteiger partial charge is 0.236 e. The first kappa shape index (κ1) is 11.9. The van der Waals surface area contributed by atoms with Crippen LogP contribution in [0.5, 0.6) is 0 Å². The second-order valence-electron chi connectivity index (χ2n) is 5.05. The van der Waals surface area contributed by atoms with Crippen LogP contribution in [0, 0.1) is 0 Å². The average molecular weight is 225 g/mol. The minimum Gasteiger partial charge on any atom is -0.339 e. The van der Waals surface area contributed by atoms with Crippen molar-refractivity contribution >= 4 is 5.91 Å². The van der Waals surface area contributed by atoms with Crippen molar-refractivity contribution in [1.82, 2.24) is 15.1 Å². The number of rotatable bonds is 3. The Kier molecular flexibility index (Phi) is 4.18. The van der Waals surface area contributed by atoms with Crippen molar-refractivity contribution in [2.45, 2.75) is 31.7 Å². The SMILES string of the molecule is CN1CCN(C(=O)CNC2CCCC2)CC1. The standard InChI is InChI=1S/C12H23N3O/c1-14-6-8-15(9-7-14)12(16)10-13-11-4-2-3-5-11/h11,13H,2-10H2,1H3. The Morgan fingerprint density at radius 2 is 1.81 bits per heavy atom. The van der Waals surface area contributed by atoms with Crippen LogP contribution in [0.3, 0.4) is 0 Å². The summed E-state index contributed by atoms with van der Waals surface area (Å²) in [6, 6.07) is 0.594. The summed E-state index contributed by atoms with van der Waals surface area (Å²) in [5.74, 6) is 0.278. The lowest BCUT2D eigenvalue weighted by atomic mass is 10.2. The van der Waals surface area contributed by atoms with E-state index in [-0.39, 0.29) is 5.91 Å². The van der Waals surface area contributed by atoms with Gasteiger partial charge in [0.15, 0.2) is 0 Å². The van der Waals surface area contributed by atoms with Crippen molar-refractivity contribution in [2.75, 3.05) is 39.8 Å². The molecular weight excluding hydrogens is 202 g/mol. The minimum atomic E-state index is 0.278. The fourth-order valence-electron chi connectivity index (χ4n) is 2.53. The van der Waals surface area contributed by atoms with Crippen LogP contribution in [0.1, 0.15) is 25.7 Å². The summed E-state index contributed by atoms with van der Waals surface area (Å²) in [5, 5.41) is 3.39. The maximum atomic E-state index is 11.9. The molecule has 1 aliphatic carbocycles. The Morgan fingerprint density at radius 1 is 1.19 bits per heavy atom. The Bertz CT molecular complexity index is 230. The maximum absolute atomic E-state index is 11.9. The molecule has 0 aromatic rings.